The Kier molecular flexibility index (Phi) is 8.93. The second-order valence-corrected chi connectivity index (χ2v) is 10.7. The first-order chi connectivity index (χ1) is 20.9. The molecule has 1 aliphatic heterocycles. The first kappa shape index (κ1) is 33.3. The van der Waals surface area contributed by atoms with Crippen LogP contribution < -0.4 is 14.8 Å². The van der Waals surface area contributed by atoms with Crippen LogP contribution >= 0.6 is 0 Å². The fourth-order valence-corrected chi connectivity index (χ4v) is 4.72. The van der Waals surface area contributed by atoms with Crippen molar-refractivity contribution in [3.05, 3.63) is 89.1 Å². The SMILES string of the molecule is CC=Cc1cc(C(O)(C(F)(F)F)C(F)(F)F)cnc1Oc1cccc(CN2C(=O)NC(C)(c3ccc(OC(C)C)cc3)C2=O)c1. The quantitative estimate of drug-likeness (QED) is 0.194. The summed E-state index contributed by atoms with van der Waals surface area (Å²) in [4.78, 5) is 31.0. The third-order valence-corrected chi connectivity index (χ3v) is 7.00. The van der Waals surface area contributed by atoms with Crippen molar-refractivity contribution in [2.24, 2.45) is 0 Å². The van der Waals surface area contributed by atoms with Crippen molar-refractivity contribution in [3.8, 4) is 17.4 Å². The molecule has 0 radical (unpaired) electrons. The number of aromatic nitrogens is 1. The molecule has 1 aliphatic rings. The molecule has 1 saturated heterocycles. The van der Waals surface area contributed by atoms with Crippen LogP contribution in [-0.4, -0.2) is 45.4 Å². The zero-order chi connectivity index (χ0) is 33.4. The van der Waals surface area contributed by atoms with Gasteiger partial charge < -0.3 is 19.9 Å². The number of allylic oxidation sites excluding steroid dienone is 1. The Labute approximate surface area is 254 Å². The van der Waals surface area contributed by atoms with E-state index in [1.807, 2.05) is 13.8 Å². The molecular formula is C31H29F6N3O5. The Bertz CT molecular complexity index is 1590. The number of urea groups is 1. The van der Waals surface area contributed by atoms with E-state index in [1.165, 1.54) is 37.3 Å². The number of carbonyl (C=O) groups is 2. The van der Waals surface area contributed by atoms with Gasteiger partial charge in [0.2, 0.25) is 5.88 Å². The molecule has 3 amide bonds. The fourth-order valence-electron chi connectivity index (χ4n) is 4.72. The van der Waals surface area contributed by atoms with Crippen LogP contribution in [0.1, 0.15) is 49.9 Å². The number of hydrogen-bond acceptors (Lipinski definition) is 6. The van der Waals surface area contributed by atoms with Gasteiger partial charge in [-0.15, -0.1) is 0 Å². The molecule has 1 atom stereocenters. The van der Waals surface area contributed by atoms with Gasteiger partial charge in [-0.25, -0.2) is 9.78 Å². The number of alkyl halides is 6. The maximum atomic E-state index is 13.4. The van der Waals surface area contributed by atoms with E-state index >= 15 is 0 Å². The lowest BCUT2D eigenvalue weighted by Gasteiger charge is -2.32. The second-order valence-electron chi connectivity index (χ2n) is 10.7. The predicted molar refractivity (Wildman–Crippen MR) is 150 cm³/mol. The summed E-state index contributed by atoms with van der Waals surface area (Å²) in [5, 5.41) is 12.5. The van der Waals surface area contributed by atoms with Gasteiger partial charge in [-0.2, -0.15) is 26.3 Å². The highest BCUT2D eigenvalue weighted by molar-refractivity contribution is 6.07. The molecule has 45 heavy (non-hydrogen) atoms. The van der Waals surface area contributed by atoms with Gasteiger partial charge in [-0.05, 0) is 69.2 Å². The predicted octanol–water partition coefficient (Wildman–Crippen LogP) is 6.97. The number of benzene rings is 2. The minimum absolute atomic E-state index is 0.0527. The number of aliphatic hydroxyl groups is 1. The van der Waals surface area contributed by atoms with Gasteiger partial charge in [0, 0.05) is 17.3 Å². The Balaban J connectivity index is 1.57. The first-order valence-electron chi connectivity index (χ1n) is 13.6. The summed E-state index contributed by atoms with van der Waals surface area (Å²) in [6.45, 7) is 6.61. The highest BCUT2D eigenvalue weighted by atomic mass is 19.4. The number of pyridine rings is 1. The number of rotatable bonds is 9. The van der Waals surface area contributed by atoms with Gasteiger partial charge in [-0.1, -0.05) is 36.4 Å². The molecular weight excluding hydrogens is 608 g/mol. The zero-order valence-corrected chi connectivity index (χ0v) is 24.5. The lowest BCUT2D eigenvalue weighted by Crippen LogP contribution is -2.54. The van der Waals surface area contributed by atoms with Crippen LogP contribution in [0.3, 0.4) is 0 Å². The molecule has 2 N–H and O–H groups in total. The molecule has 14 heteroatoms. The van der Waals surface area contributed by atoms with Gasteiger partial charge in [0.1, 0.15) is 17.0 Å². The topological polar surface area (TPSA) is 101 Å². The van der Waals surface area contributed by atoms with Crippen molar-refractivity contribution >= 4 is 18.0 Å². The van der Waals surface area contributed by atoms with E-state index < -0.39 is 41.0 Å². The van der Waals surface area contributed by atoms with Crippen LogP contribution in [0.5, 0.6) is 17.4 Å². The summed E-state index contributed by atoms with van der Waals surface area (Å²) >= 11 is 0. The molecule has 4 rings (SSSR count). The van der Waals surface area contributed by atoms with Crippen LogP contribution in [0.2, 0.25) is 0 Å². The maximum absolute atomic E-state index is 13.4. The fraction of sp³-hybridized carbons (Fsp3) is 0.323. The molecule has 1 aromatic heterocycles. The number of hydrogen-bond donors (Lipinski definition) is 2. The number of ether oxygens (including phenoxy) is 2. The van der Waals surface area contributed by atoms with Crippen LogP contribution in [-0.2, 0) is 22.5 Å². The standard InChI is InChI=1S/C31H29F6N3O5/c1-5-7-20-15-22(29(43,30(32,33)34)31(35,36)37)16-38-25(20)45-24-9-6-8-19(14-24)17-40-26(41)28(4,39-27(40)42)21-10-12-23(13-11-21)44-18(2)3/h5-16,18,43H,17H2,1-4H3,(H,39,42). The van der Waals surface area contributed by atoms with Crippen molar-refractivity contribution < 1.29 is 50.5 Å². The van der Waals surface area contributed by atoms with Gasteiger partial charge in [0.05, 0.1) is 12.6 Å². The molecule has 2 heterocycles. The largest absolute Gasteiger partial charge is 0.491 e. The van der Waals surface area contributed by atoms with E-state index in [2.05, 4.69) is 10.3 Å². The second kappa shape index (κ2) is 12.1. The normalized spacial score (nSPS) is 17.7. The number of carbonyl (C=O) groups excluding carboxylic acids is 2. The number of nitrogens with zero attached hydrogens (tertiary/aromatic N) is 2. The third-order valence-electron chi connectivity index (χ3n) is 7.00. The lowest BCUT2D eigenvalue weighted by molar-refractivity contribution is -0.376. The van der Waals surface area contributed by atoms with Gasteiger partial charge in [0.15, 0.2) is 0 Å². The summed E-state index contributed by atoms with van der Waals surface area (Å²) in [5.41, 5.74) is -7.38. The average molecular weight is 638 g/mol. The zero-order valence-electron chi connectivity index (χ0n) is 24.5. The molecule has 1 fully saturated rings. The van der Waals surface area contributed by atoms with E-state index in [0.29, 0.717) is 22.9 Å². The highest BCUT2D eigenvalue weighted by Crippen LogP contribution is 2.50. The Hall–Kier alpha value is -4.59. The number of halogens is 6. The molecule has 0 aliphatic carbocycles. The average Bonchev–Trinajstić information content (AvgIpc) is 3.16. The lowest BCUT2D eigenvalue weighted by atomic mass is 9.92. The molecule has 240 valence electrons. The van der Waals surface area contributed by atoms with Crippen LogP contribution in [0.15, 0.2) is 66.9 Å². The summed E-state index contributed by atoms with van der Waals surface area (Å²) in [7, 11) is 0. The smallest absolute Gasteiger partial charge is 0.430 e. The Morgan fingerprint density at radius 3 is 2.22 bits per heavy atom. The van der Waals surface area contributed by atoms with Gasteiger partial charge in [-0.3, -0.25) is 9.69 Å². The Morgan fingerprint density at radius 2 is 1.64 bits per heavy atom. The molecule has 0 saturated carbocycles. The number of nitrogens with one attached hydrogen (secondary N) is 1. The molecule has 2 aromatic carbocycles. The van der Waals surface area contributed by atoms with Crippen molar-refractivity contribution in [1.82, 2.24) is 15.2 Å². The molecule has 3 aromatic rings. The van der Waals surface area contributed by atoms with Gasteiger partial charge >= 0.3 is 18.4 Å². The van der Waals surface area contributed by atoms with Crippen LogP contribution in [0.25, 0.3) is 6.08 Å². The molecule has 0 bridgehead atoms. The van der Waals surface area contributed by atoms with E-state index in [9.17, 15) is 41.0 Å². The Morgan fingerprint density at radius 1 is 1.00 bits per heavy atom. The van der Waals surface area contributed by atoms with Crippen molar-refractivity contribution in [2.75, 3.05) is 0 Å². The van der Waals surface area contributed by atoms with E-state index in [0.717, 1.165) is 4.90 Å². The number of amides is 3. The molecule has 0 spiro atoms. The third kappa shape index (κ3) is 6.46. The maximum Gasteiger partial charge on any atom is 0.430 e. The minimum Gasteiger partial charge on any atom is -0.491 e. The molecule has 8 nitrogen and oxygen atoms in total. The van der Waals surface area contributed by atoms with E-state index in [-0.39, 0.29) is 36.0 Å². The first-order valence-corrected chi connectivity index (χ1v) is 13.6. The van der Waals surface area contributed by atoms with Gasteiger partial charge in [0.25, 0.3) is 11.5 Å². The molecule has 1 unspecified atom stereocenters. The summed E-state index contributed by atoms with van der Waals surface area (Å²) in [6.07, 6.45) is -9.48. The van der Waals surface area contributed by atoms with Crippen LogP contribution in [0.4, 0.5) is 31.1 Å². The summed E-state index contributed by atoms with van der Waals surface area (Å²) < 4.78 is 91.8. The van der Waals surface area contributed by atoms with Crippen molar-refractivity contribution in [1.29, 1.82) is 0 Å². The van der Waals surface area contributed by atoms with E-state index in [4.69, 9.17) is 9.47 Å². The highest BCUT2D eigenvalue weighted by Gasteiger charge is 2.71. The monoisotopic (exact) mass is 637 g/mol. The number of imide groups is 1. The van der Waals surface area contributed by atoms with Crippen LogP contribution in [0, 0.1) is 0 Å². The minimum atomic E-state index is -6.09. The summed E-state index contributed by atoms with van der Waals surface area (Å²) in [5.74, 6) is -0.212. The summed E-state index contributed by atoms with van der Waals surface area (Å²) in [6, 6.07) is 12.6. The van der Waals surface area contributed by atoms with Crippen molar-refractivity contribution in [2.45, 2.75) is 63.8 Å². The van der Waals surface area contributed by atoms with Crippen molar-refractivity contribution in [3.63, 3.8) is 0 Å². The van der Waals surface area contributed by atoms with E-state index in [1.54, 1.807) is 37.3 Å².